The highest BCUT2D eigenvalue weighted by Crippen LogP contribution is 2.16. The number of anilines is 1. The van der Waals surface area contributed by atoms with Crippen molar-refractivity contribution in [1.82, 2.24) is 4.90 Å². The van der Waals surface area contributed by atoms with Crippen molar-refractivity contribution in [2.75, 3.05) is 25.0 Å². The Morgan fingerprint density at radius 1 is 1.29 bits per heavy atom. The van der Waals surface area contributed by atoms with Crippen molar-refractivity contribution < 1.29 is 9.59 Å². The molecule has 1 aliphatic rings. The first-order chi connectivity index (χ1) is 10.1. The maximum Gasteiger partial charge on any atom is 0.238 e. The molecular formula is C15H22N4O2. The minimum absolute atomic E-state index is 0.0828. The van der Waals surface area contributed by atoms with Crippen molar-refractivity contribution in [1.29, 1.82) is 0 Å². The first-order valence-corrected chi connectivity index (χ1v) is 7.19. The quantitative estimate of drug-likeness (QED) is 0.725. The number of primary amides is 1. The molecule has 114 valence electrons. The van der Waals surface area contributed by atoms with Crippen molar-refractivity contribution in [3.63, 3.8) is 0 Å². The highest BCUT2D eigenvalue weighted by Gasteiger charge is 2.25. The summed E-state index contributed by atoms with van der Waals surface area (Å²) in [4.78, 5) is 25.2. The van der Waals surface area contributed by atoms with Crippen molar-refractivity contribution in [3.8, 4) is 0 Å². The van der Waals surface area contributed by atoms with Gasteiger partial charge in [-0.25, -0.2) is 0 Å². The Labute approximate surface area is 124 Å². The molecule has 0 bridgehead atoms. The maximum absolute atomic E-state index is 12.0. The molecule has 1 atom stereocenters. The maximum atomic E-state index is 12.0. The molecule has 5 N–H and O–H groups in total. The first kappa shape index (κ1) is 15.5. The highest BCUT2D eigenvalue weighted by atomic mass is 16.2. The Hall–Kier alpha value is -1.92. The summed E-state index contributed by atoms with van der Waals surface area (Å²) in [6, 6.07) is 7.45. The van der Waals surface area contributed by atoms with Gasteiger partial charge in [0.15, 0.2) is 0 Å². The van der Waals surface area contributed by atoms with Gasteiger partial charge in [0.25, 0.3) is 0 Å². The van der Waals surface area contributed by atoms with Crippen LogP contribution in [-0.2, 0) is 16.1 Å². The van der Waals surface area contributed by atoms with Crippen molar-refractivity contribution in [2.45, 2.75) is 19.4 Å². The van der Waals surface area contributed by atoms with Crippen molar-refractivity contribution >= 4 is 17.5 Å². The Morgan fingerprint density at radius 2 is 2.00 bits per heavy atom. The molecule has 1 aliphatic heterocycles. The summed E-state index contributed by atoms with van der Waals surface area (Å²) >= 11 is 0. The summed E-state index contributed by atoms with van der Waals surface area (Å²) in [5.74, 6) is -0.506. The van der Waals surface area contributed by atoms with Gasteiger partial charge in [0, 0.05) is 18.8 Å². The topological polar surface area (TPSA) is 101 Å². The second-order valence-electron chi connectivity index (χ2n) is 5.43. The average Bonchev–Trinajstić information content (AvgIpc) is 2.48. The van der Waals surface area contributed by atoms with Gasteiger partial charge in [0.1, 0.15) is 0 Å². The summed E-state index contributed by atoms with van der Waals surface area (Å²) in [7, 11) is 0. The van der Waals surface area contributed by atoms with Crippen LogP contribution in [0.2, 0.25) is 0 Å². The van der Waals surface area contributed by atoms with Gasteiger partial charge in [0.05, 0.1) is 12.5 Å². The Bertz CT molecular complexity index is 501. The molecule has 0 saturated carbocycles. The lowest BCUT2D eigenvalue weighted by atomic mass is 9.97. The number of amides is 2. The lowest BCUT2D eigenvalue weighted by molar-refractivity contribution is -0.125. The predicted octanol–water partition coefficient (Wildman–Crippen LogP) is 0.281. The molecule has 2 rings (SSSR count). The SMILES string of the molecule is NCc1ccc(NC(=O)CN2CCCC(C(N)=O)C2)cc1. The normalized spacial score (nSPS) is 19.2. The highest BCUT2D eigenvalue weighted by molar-refractivity contribution is 5.92. The monoisotopic (exact) mass is 290 g/mol. The summed E-state index contributed by atoms with van der Waals surface area (Å²) in [5.41, 5.74) is 12.6. The number of hydrogen-bond donors (Lipinski definition) is 3. The molecular weight excluding hydrogens is 268 g/mol. The van der Waals surface area contributed by atoms with Crippen LogP contribution < -0.4 is 16.8 Å². The van der Waals surface area contributed by atoms with Crippen LogP contribution in [0.25, 0.3) is 0 Å². The van der Waals surface area contributed by atoms with Crippen LogP contribution in [0.15, 0.2) is 24.3 Å². The number of likely N-dealkylation sites (tertiary alicyclic amines) is 1. The molecule has 0 spiro atoms. The zero-order valence-electron chi connectivity index (χ0n) is 12.0. The summed E-state index contributed by atoms with van der Waals surface area (Å²) in [6.07, 6.45) is 1.71. The Morgan fingerprint density at radius 3 is 2.62 bits per heavy atom. The molecule has 0 radical (unpaired) electrons. The number of benzene rings is 1. The lowest BCUT2D eigenvalue weighted by Crippen LogP contribution is -2.44. The zero-order valence-corrected chi connectivity index (χ0v) is 12.0. The summed E-state index contributed by atoms with van der Waals surface area (Å²) in [6.45, 7) is 2.15. The molecule has 1 aromatic carbocycles. The van der Waals surface area contributed by atoms with E-state index in [1.165, 1.54) is 0 Å². The van der Waals surface area contributed by atoms with Gasteiger partial charge in [-0.1, -0.05) is 12.1 Å². The van der Waals surface area contributed by atoms with Gasteiger partial charge in [0.2, 0.25) is 11.8 Å². The largest absolute Gasteiger partial charge is 0.369 e. The number of nitrogens with zero attached hydrogens (tertiary/aromatic N) is 1. The third-order valence-corrected chi connectivity index (χ3v) is 3.75. The molecule has 2 amide bonds. The fraction of sp³-hybridized carbons (Fsp3) is 0.467. The molecule has 0 aliphatic carbocycles. The fourth-order valence-electron chi connectivity index (χ4n) is 2.56. The molecule has 1 fully saturated rings. The molecule has 1 heterocycles. The van der Waals surface area contributed by atoms with E-state index in [1.54, 1.807) is 0 Å². The summed E-state index contributed by atoms with van der Waals surface area (Å²) in [5, 5.41) is 2.85. The number of nitrogens with one attached hydrogen (secondary N) is 1. The fourth-order valence-corrected chi connectivity index (χ4v) is 2.56. The van der Waals surface area contributed by atoms with Crippen LogP contribution in [0.5, 0.6) is 0 Å². The van der Waals surface area contributed by atoms with E-state index in [0.717, 1.165) is 30.6 Å². The van der Waals surface area contributed by atoms with E-state index in [2.05, 4.69) is 5.32 Å². The first-order valence-electron chi connectivity index (χ1n) is 7.19. The van der Waals surface area contributed by atoms with Gasteiger partial charge in [-0.15, -0.1) is 0 Å². The molecule has 6 nitrogen and oxygen atoms in total. The van der Waals surface area contributed by atoms with E-state index in [1.807, 2.05) is 29.2 Å². The number of piperidine rings is 1. The third kappa shape index (κ3) is 4.54. The third-order valence-electron chi connectivity index (χ3n) is 3.75. The average molecular weight is 290 g/mol. The Kier molecular flexibility index (Phi) is 5.30. The zero-order chi connectivity index (χ0) is 15.2. The smallest absolute Gasteiger partial charge is 0.238 e. The van der Waals surface area contributed by atoms with Crippen molar-refractivity contribution in [2.24, 2.45) is 17.4 Å². The number of carbonyl (C=O) groups excluding carboxylic acids is 2. The number of carbonyl (C=O) groups is 2. The van der Waals surface area contributed by atoms with Crippen molar-refractivity contribution in [3.05, 3.63) is 29.8 Å². The van der Waals surface area contributed by atoms with Gasteiger partial charge < -0.3 is 16.8 Å². The molecule has 21 heavy (non-hydrogen) atoms. The molecule has 1 aromatic rings. The van der Waals surface area contributed by atoms with Crippen LogP contribution in [0.3, 0.4) is 0 Å². The standard InChI is InChI=1S/C15H22N4O2/c16-8-11-3-5-13(6-4-11)18-14(20)10-19-7-1-2-12(9-19)15(17)21/h3-6,12H,1-2,7-10,16H2,(H2,17,21)(H,18,20). The minimum Gasteiger partial charge on any atom is -0.369 e. The van der Waals surface area contributed by atoms with E-state index in [0.29, 0.717) is 13.1 Å². The second-order valence-corrected chi connectivity index (χ2v) is 5.43. The van der Waals surface area contributed by atoms with Gasteiger partial charge in [-0.05, 0) is 37.1 Å². The molecule has 1 unspecified atom stereocenters. The van der Waals surface area contributed by atoms with Gasteiger partial charge in [-0.2, -0.15) is 0 Å². The van der Waals surface area contributed by atoms with Gasteiger partial charge in [-0.3, -0.25) is 14.5 Å². The Balaban J connectivity index is 1.84. The van der Waals surface area contributed by atoms with E-state index >= 15 is 0 Å². The van der Waals surface area contributed by atoms with Crippen LogP contribution >= 0.6 is 0 Å². The van der Waals surface area contributed by atoms with E-state index in [-0.39, 0.29) is 24.3 Å². The van der Waals surface area contributed by atoms with Crippen LogP contribution in [-0.4, -0.2) is 36.3 Å². The molecule has 6 heteroatoms. The second kappa shape index (κ2) is 7.19. The van der Waals surface area contributed by atoms with E-state index in [4.69, 9.17) is 11.5 Å². The van der Waals surface area contributed by atoms with Crippen LogP contribution in [0, 0.1) is 5.92 Å². The molecule has 0 aromatic heterocycles. The van der Waals surface area contributed by atoms with Crippen LogP contribution in [0.4, 0.5) is 5.69 Å². The predicted molar refractivity (Wildman–Crippen MR) is 81.3 cm³/mol. The molecule has 1 saturated heterocycles. The van der Waals surface area contributed by atoms with Gasteiger partial charge >= 0.3 is 0 Å². The number of nitrogens with two attached hydrogens (primary N) is 2. The van der Waals surface area contributed by atoms with E-state index in [9.17, 15) is 9.59 Å². The lowest BCUT2D eigenvalue weighted by Gasteiger charge is -2.30. The number of rotatable bonds is 5. The van der Waals surface area contributed by atoms with E-state index < -0.39 is 0 Å². The minimum atomic E-state index is -0.280. The summed E-state index contributed by atoms with van der Waals surface area (Å²) < 4.78 is 0. The number of hydrogen-bond acceptors (Lipinski definition) is 4. The van der Waals surface area contributed by atoms with Crippen LogP contribution in [0.1, 0.15) is 18.4 Å².